The number of halogens is 2. The Hall–Kier alpha value is -0.840. The average Bonchev–Trinajstić information content (AvgIpc) is 2.32. The summed E-state index contributed by atoms with van der Waals surface area (Å²) in [5.74, 6) is 0.0231. The number of benzene rings is 1. The van der Waals surface area contributed by atoms with Crippen molar-refractivity contribution in [1.29, 1.82) is 0 Å². The Morgan fingerprint density at radius 2 is 2.28 bits per heavy atom. The normalized spacial score (nSPS) is 20.3. The van der Waals surface area contributed by atoms with Crippen molar-refractivity contribution in [3.63, 3.8) is 0 Å². The van der Waals surface area contributed by atoms with Crippen LogP contribution in [0.25, 0.3) is 0 Å². The van der Waals surface area contributed by atoms with Gasteiger partial charge in [-0.3, -0.25) is 4.90 Å². The number of nitrogens with one attached hydrogen (secondary N) is 1. The maximum Gasteiger partial charge on any atom is 0.165 e. The summed E-state index contributed by atoms with van der Waals surface area (Å²) in [6, 6.07) is 5.68. The van der Waals surface area contributed by atoms with Crippen LogP contribution in [0.5, 0.6) is 5.75 Å². The molecule has 3 nitrogen and oxygen atoms in total. The number of piperazine rings is 1. The number of hydrogen-bond acceptors (Lipinski definition) is 3. The van der Waals surface area contributed by atoms with Gasteiger partial charge in [0.2, 0.25) is 0 Å². The van der Waals surface area contributed by atoms with E-state index in [-0.39, 0.29) is 18.2 Å². The second kappa shape index (κ2) is 6.92. The van der Waals surface area contributed by atoms with Crippen LogP contribution in [0.3, 0.4) is 0 Å². The number of hydrogen-bond donors (Lipinski definition) is 1. The zero-order valence-corrected chi connectivity index (χ0v) is 11.6. The maximum absolute atomic E-state index is 13.5. The van der Waals surface area contributed by atoms with E-state index in [1.807, 2.05) is 6.07 Å². The molecule has 1 aliphatic rings. The van der Waals surface area contributed by atoms with E-state index in [1.165, 1.54) is 7.11 Å². The molecule has 0 aromatic heterocycles. The minimum atomic E-state index is -0.284. The van der Waals surface area contributed by atoms with Gasteiger partial charge in [0, 0.05) is 32.2 Å². The lowest BCUT2D eigenvalue weighted by atomic mass is 10.1. The second-order valence-corrected chi connectivity index (χ2v) is 4.49. The van der Waals surface area contributed by atoms with E-state index in [2.05, 4.69) is 17.1 Å². The van der Waals surface area contributed by atoms with Gasteiger partial charge in [0.05, 0.1) is 7.11 Å². The van der Waals surface area contributed by atoms with Gasteiger partial charge in [-0.2, -0.15) is 0 Å². The van der Waals surface area contributed by atoms with Crippen molar-refractivity contribution >= 4 is 12.4 Å². The standard InChI is InChI=1S/C13H19FN2O.ClH/c1-10-8-15-5-6-16(10)9-11-3-4-13(17-2)12(14)7-11;/h3-4,7,10,15H,5-6,8-9H2,1-2H3;1H. The van der Waals surface area contributed by atoms with E-state index in [1.54, 1.807) is 12.1 Å². The highest BCUT2D eigenvalue weighted by Crippen LogP contribution is 2.19. The molecule has 1 N–H and O–H groups in total. The summed E-state index contributed by atoms with van der Waals surface area (Å²) in [5.41, 5.74) is 0.997. The molecule has 0 aliphatic carbocycles. The summed E-state index contributed by atoms with van der Waals surface area (Å²) in [6.07, 6.45) is 0. The predicted octanol–water partition coefficient (Wildman–Crippen LogP) is 2.05. The third-order valence-corrected chi connectivity index (χ3v) is 3.24. The molecule has 1 aliphatic heterocycles. The van der Waals surface area contributed by atoms with Crippen molar-refractivity contribution in [1.82, 2.24) is 10.2 Å². The summed E-state index contributed by atoms with van der Waals surface area (Å²) in [5, 5.41) is 3.34. The molecule has 1 aromatic rings. The topological polar surface area (TPSA) is 24.5 Å². The molecule has 0 radical (unpaired) electrons. The van der Waals surface area contributed by atoms with Gasteiger partial charge in [-0.15, -0.1) is 12.4 Å². The van der Waals surface area contributed by atoms with Crippen molar-refractivity contribution in [2.24, 2.45) is 0 Å². The molecule has 1 unspecified atom stereocenters. The fourth-order valence-corrected chi connectivity index (χ4v) is 2.16. The van der Waals surface area contributed by atoms with Crippen molar-refractivity contribution < 1.29 is 9.13 Å². The van der Waals surface area contributed by atoms with Crippen LogP contribution < -0.4 is 10.1 Å². The van der Waals surface area contributed by atoms with E-state index in [9.17, 15) is 4.39 Å². The molecule has 1 heterocycles. The zero-order chi connectivity index (χ0) is 12.3. The first-order valence-corrected chi connectivity index (χ1v) is 5.98. The largest absolute Gasteiger partial charge is 0.494 e. The first-order chi connectivity index (χ1) is 8.20. The van der Waals surface area contributed by atoms with Gasteiger partial charge < -0.3 is 10.1 Å². The molecule has 102 valence electrons. The summed E-state index contributed by atoms with van der Waals surface area (Å²) < 4.78 is 18.5. The minimum Gasteiger partial charge on any atom is -0.494 e. The van der Waals surface area contributed by atoms with Crippen LogP contribution in [0.4, 0.5) is 4.39 Å². The van der Waals surface area contributed by atoms with Gasteiger partial charge >= 0.3 is 0 Å². The van der Waals surface area contributed by atoms with Gasteiger partial charge in [-0.25, -0.2) is 4.39 Å². The number of methoxy groups -OCH3 is 1. The Kier molecular flexibility index (Phi) is 5.85. The van der Waals surface area contributed by atoms with Crippen molar-refractivity contribution in [2.75, 3.05) is 26.7 Å². The Bertz CT molecular complexity index is 389. The highest BCUT2D eigenvalue weighted by molar-refractivity contribution is 5.85. The Morgan fingerprint density at radius 1 is 1.50 bits per heavy atom. The van der Waals surface area contributed by atoms with Crippen molar-refractivity contribution in [3.8, 4) is 5.75 Å². The highest BCUT2D eigenvalue weighted by atomic mass is 35.5. The van der Waals surface area contributed by atoms with Crippen molar-refractivity contribution in [3.05, 3.63) is 29.6 Å². The van der Waals surface area contributed by atoms with E-state index in [0.717, 1.165) is 31.7 Å². The first-order valence-electron chi connectivity index (χ1n) is 5.98. The minimum absolute atomic E-state index is 0. The summed E-state index contributed by atoms with van der Waals surface area (Å²) >= 11 is 0. The molecule has 0 amide bonds. The van der Waals surface area contributed by atoms with Crippen LogP contribution in [-0.4, -0.2) is 37.7 Å². The van der Waals surface area contributed by atoms with Crippen molar-refractivity contribution in [2.45, 2.75) is 19.5 Å². The molecule has 1 fully saturated rings. The van der Waals surface area contributed by atoms with Gasteiger partial charge in [0.25, 0.3) is 0 Å². The monoisotopic (exact) mass is 274 g/mol. The molecular weight excluding hydrogens is 255 g/mol. The second-order valence-electron chi connectivity index (χ2n) is 4.49. The molecule has 1 atom stereocenters. The maximum atomic E-state index is 13.5. The Balaban J connectivity index is 0.00000162. The number of nitrogens with zero attached hydrogens (tertiary/aromatic N) is 1. The van der Waals surface area contributed by atoms with Crippen LogP contribution in [0.15, 0.2) is 18.2 Å². The van der Waals surface area contributed by atoms with Gasteiger partial charge in [-0.1, -0.05) is 6.07 Å². The fourth-order valence-electron chi connectivity index (χ4n) is 2.16. The number of rotatable bonds is 3. The predicted molar refractivity (Wildman–Crippen MR) is 72.9 cm³/mol. The number of ether oxygens (including phenoxy) is 1. The third-order valence-electron chi connectivity index (χ3n) is 3.24. The lowest BCUT2D eigenvalue weighted by molar-refractivity contribution is 0.165. The van der Waals surface area contributed by atoms with E-state index < -0.39 is 0 Å². The lowest BCUT2D eigenvalue weighted by Gasteiger charge is -2.33. The van der Waals surface area contributed by atoms with Crippen LogP contribution in [0.1, 0.15) is 12.5 Å². The van der Waals surface area contributed by atoms with E-state index in [4.69, 9.17) is 4.74 Å². The quantitative estimate of drug-likeness (QED) is 0.913. The smallest absolute Gasteiger partial charge is 0.165 e. The molecular formula is C13H20ClFN2O. The molecule has 2 rings (SSSR count). The van der Waals surface area contributed by atoms with Gasteiger partial charge in [-0.05, 0) is 24.6 Å². The summed E-state index contributed by atoms with van der Waals surface area (Å²) in [4.78, 5) is 2.36. The van der Waals surface area contributed by atoms with Gasteiger partial charge in [0.1, 0.15) is 0 Å². The lowest BCUT2D eigenvalue weighted by Crippen LogP contribution is -2.49. The Labute approximate surface area is 114 Å². The van der Waals surface area contributed by atoms with Crippen LogP contribution in [0.2, 0.25) is 0 Å². The highest BCUT2D eigenvalue weighted by Gasteiger charge is 2.18. The third kappa shape index (κ3) is 3.57. The molecule has 1 aromatic carbocycles. The molecule has 0 spiro atoms. The van der Waals surface area contributed by atoms with E-state index in [0.29, 0.717) is 11.8 Å². The zero-order valence-electron chi connectivity index (χ0n) is 10.8. The van der Waals surface area contributed by atoms with Crippen LogP contribution in [-0.2, 0) is 6.54 Å². The van der Waals surface area contributed by atoms with Crippen LogP contribution >= 0.6 is 12.4 Å². The first kappa shape index (κ1) is 15.2. The fraction of sp³-hybridized carbons (Fsp3) is 0.538. The molecule has 0 bridgehead atoms. The molecule has 5 heteroatoms. The molecule has 18 heavy (non-hydrogen) atoms. The average molecular weight is 275 g/mol. The van der Waals surface area contributed by atoms with Gasteiger partial charge in [0.15, 0.2) is 11.6 Å². The van der Waals surface area contributed by atoms with E-state index >= 15 is 0 Å². The summed E-state index contributed by atoms with van der Waals surface area (Å²) in [7, 11) is 1.48. The molecule has 1 saturated heterocycles. The Morgan fingerprint density at radius 3 is 2.89 bits per heavy atom. The summed E-state index contributed by atoms with van der Waals surface area (Å²) in [6.45, 7) is 5.99. The van der Waals surface area contributed by atoms with Crippen LogP contribution in [0, 0.1) is 5.82 Å². The SMILES string of the molecule is COc1ccc(CN2CCNCC2C)cc1F.Cl. The molecule has 0 saturated carbocycles.